The molecule has 2 aromatic carbocycles. The van der Waals surface area contributed by atoms with Crippen LogP contribution in [0.4, 0.5) is 5.69 Å². The van der Waals surface area contributed by atoms with Gasteiger partial charge >= 0.3 is 0 Å². The van der Waals surface area contributed by atoms with Gasteiger partial charge in [0.05, 0.1) is 37.1 Å². The van der Waals surface area contributed by atoms with Gasteiger partial charge in [-0.05, 0) is 35.7 Å². The van der Waals surface area contributed by atoms with Gasteiger partial charge in [-0.15, -0.1) is 0 Å². The van der Waals surface area contributed by atoms with Crippen molar-refractivity contribution in [2.75, 3.05) is 38.9 Å². The Morgan fingerprint density at radius 1 is 1.11 bits per heavy atom. The summed E-state index contributed by atoms with van der Waals surface area (Å²) in [5.74, 6) is 0. The molecule has 1 aliphatic rings. The van der Waals surface area contributed by atoms with Crippen molar-refractivity contribution in [1.29, 1.82) is 0 Å². The molecule has 2 heterocycles. The van der Waals surface area contributed by atoms with Crippen LogP contribution in [-0.2, 0) is 20.8 Å². The summed E-state index contributed by atoms with van der Waals surface area (Å²) in [5, 5.41) is 4.79. The van der Waals surface area contributed by atoms with Crippen LogP contribution in [0.5, 0.6) is 0 Å². The molecule has 0 spiro atoms. The number of aromatic nitrogens is 1. The largest absolute Gasteiger partial charge is 0.385 e. The second kappa shape index (κ2) is 8.57. The minimum atomic E-state index is 0.370. The van der Waals surface area contributed by atoms with Crippen molar-refractivity contribution in [3.63, 3.8) is 0 Å². The molecule has 142 valence electrons. The van der Waals surface area contributed by atoms with E-state index in [1.807, 2.05) is 6.07 Å². The van der Waals surface area contributed by atoms with Crippen LogP contribution in [-0.4, -0.2) is 44.6 Å². The topological polar surface area (TPSA) is 55.5 Å². The van der Waals surface area contributed by atoms with Crippen LogP contribution >= 0.6 is 0 Å². The molecule has 3 aromatic rings. The van der Waals surface area contributed by atoms with Gasteiger partial charge in [0.1, 0.15) is 0 Å². The lowest BCUT2D eigenvalue weighted by atomic mass is 10.1. The zero-order valence-electron chi connectivity index (χ0n) is 15.7. The number of H-pyrrole nitrogens is 1. The van der Waals surface area contributed by atoms with Crippen LogP contribution in [0.3, 0.4) is 0 Å². The number of rotatable bonds is 9. The predicted octanol–water partition coefficient (Wildman–Crippen LogP) is 4.20. The average molecular weight is 366 g/mol. The summed E-state index contributed by atoms with van der Waals surface area (Å²) in [6.07, 6.45) is 0.908. The first kappa shape index (κ1) is 18.0. The maximum Gasteiger partial charge on any atom is 0.0729 e. The highest BCUT2D eigenvalue weighted by atomic mass is 16.5. The van der Waals surface area contributed by atoms with E-state index in [0.29, 0.717) is 19.3 Å². The summed E-state index contributed by atoms with van der Waals surface area (Å²) in [7, 11) is 1.71. The average Bonchev–Trinajstić information content (AvgIpc) is 3.09. The van der Waals surface area contributed by atoms with Crippen LogP contribution in [0, 0.1) is 0 Å². The summed E-state index contributed by atoms with van der Waals surface area (Å²) in [5.41, 5.74) is 5.71. The fraction of sp³-hybridized carbons (Fsp3) is 0.364. The Kier molecular flexibility index (Phi) is 5.72. The third-order valence-corrected chi connectivity index (χ3v) is 4.78. The van der Waals surface area contributed by atoms with Crippen molar-refractivity contribution < 1.29 is 14.2 Å². The van der Waals surface area contributed by atoms with Crippen LogP contribution in [0.15, 0.2) is 48.5 Å². The van der Waals surface area contributed by atoms with Crippen LogP contribution < -0.4 is 5.32 Å². The van der Waals surface area contributed by atoms with Crippen LogP contribution in [0.2, 0.25) is 0 Å². The fourth-order valence-corrected chi connectivity index (χ4v) is 3.31. The Bertz CT molecular complexity index is 872. The molecule has 1 aliphatic heterocycles. The normalized spacial score (nSPS) is 14.4. The lowest BCUT2D eigenvalue weighted by Gasteiger charge is -2.28. The van der Waals surface area contributed by atoms with E-state index >= 15 is 0 Å². The highest BCUT2D eigenvalue weighted by Gasteiger charge is 2.20. The molecule has 1 saturated heterocycles. The van der Waals surface area contributed by atoms with Crippen LogP contribution in [0.1, 0.15) is 12.0 Å². The molecule has 0 amide bonds. The van der Waals surface area contributed by atoms with E-state index in [1.54, 1.807) is 7.11 Å². The fourth-order valence-electron chi connectivity index (χ4n) is 3.31. The summed E-state index contributed by atoms with van der Waals surface area (Å²) >= 11 is 0. The molecule has 0 unspecified atom stereocenters. The van der Waals surface area contributed by atoms with E-state index in [0.717, 1.165) is 43.1 Å². The number of hydrogen-bond donors (Lipinski definition) is 2. The van der Waals surface area contributed by atoms with Gasteiger partial charge in [0, 0.05) is 31.4 Å². The Balaban J connectivity index is 1.59. The van der Waals surface area contributed by atoms with E-state index in [2.05, 4.69) is 52.8 Å². The van der Waals surface area contributed by atoms with Crippen molar-refractivity contribution >= 4 is 16.6 Å². The molecule has 0 aliphatic carbocycles. The van der Waals surface area contributed by atoms with E-state index < -0.39 is 0 Å². The first-order valence-corrected chi connectivity index (χ1v) is 9.45. The Morgan fingerprint density at radius 3 is 2.70 bits per heavy atom. The molecular weight excluding hydrogens is 340 g/mol. The molecule has 0 atom stereocenters. The number of fused-ring (bicyclic) bond motifs is 1. The summed E-state index contributed by atoms with van der Waals surface area (Å²) in [6.45, 7) is 3.54. The van der Waals surface area contributed by atoms with Crippen molar-refractivity contribution in [3.05, 3.63) is 54.1 Å². The molecule has 5 heteroatoms. The molecule has 0 bridgehead atoms. The molecule has 2 N–H and O–H groups in total. The first-order chi connectivity index (χ1) is 13.3. The Morgan fingerprint density at radius 2 is 1.96 bits per heavy atom. The van der Waals surface area contributed by atoms with Gasteiger partial charge in [-0.25, -0.2) is 0 Å². The predicted molar refractivity (Wildman–Crippen MR) is 108 cm³/mol. The highest BCUT2D eigenvalue weighted by molar-refractivity contribution is 5.95. The molecule has 4 rings (SSSR count). The Labute approximate surface area is 159 Å². The highest BCUT2D eigenvalue weighted by Crippen LogP contribution is 2.31. The third-order valence-electron chi connectivity index (χ3n) is 4.78. The van der Waals surface area contributed by atoms with E-state index in [4.69, 9.17) is 14.2 Å². The molecule has 1 aromatic heterocycles. The van der Waals surface area contributed by atoms with Gasteiger partial charge in [0.2, 0.25) is 0 Å². The number of nitrogens with one attached hydrogen (secondary N) is 2. The quantitative estimate of drug-likeness (QED) is 0.557. The summed E-state index contributed by atoms with van der Waals surface area (Å²) < 4.78 is 16.2. The van der Waals surface area contributed by atoms with Gasteiger partial charge in [-0.1, -0.05) is 30.3 Å². The number of aromatic amines is 1. The lowest BCUT2D eigenvalue weighted by Crippen LogP contribution is -2.40. The molecule has 0 radical (unpaired) electrons. The molecular formula is C22H26N2O3. The maximum absolute atomic E-state index is 5.82. The van der Waals surface area contributed by atoms with Crippen molar-refractivity contribution in [2.24, 2.45) is 0 Å². The monoisotopic (exact) mass is 366 g/mol. The third kappa shape index (κ3) is 4.33. The number of anilines is 1. The molecule has 5 nitrogen and oxygen atoms in total. The zero-order chi connectivity index (χ0) is 18.5. The SMILES string of the molecule is COCCCOCc1cc(NC2COC2)c2[nH]c(-c3ccccc3)cc2c1. The van der Waals surface area contributed by atoms with Gasteiger partial charge in [-0.3, -0.25) is 0 Å². The van der Waals surface area contributed by atoms with Gasteiger partial charge in [-0.2, -0.15) is 0 Å². The van der Waals surface area contributed by atoms with E-state index in [9.17, 15) is 0 Å². The number of methoxy groups -OCH3 is 1. The smallest absolute Gasteiger partial charge is 0.0729 e. The van der Waals surface area contributed by atoms with Gasteiger partial charge < -0.3 is 24.5 Å². The second-order valence-electron chi connectivity index (χ2n) is 6.93. The second-order valence-corrected chi connectivity index (χ2v) is 6.93. The number of hydrogen-bond acceptors (Lipinski definition) is 4. The van der Waals surface area contributed by atoms with Gasteiger partial charge in [0.25, 0.3) is 0 Å². The molecule has 1 fully saturated rings. The lowest BCUT2D eigenvalue weighted by molar-refractivity contribution is 0.0211. The molecule has 27 heavy (non-hydrogen) atoms. The van der Waals surface area contributed by atoms with Crippen molar-refractivity contribution in [1.82, 2.24) is 4.98 Å². The minimum absolute atomic E-state index is 0.370. The van der Waals surface area contributed by atoms with Crippen LogP contribution in [0.25, 0.3) is 22.2 Å². The first-order valence-electron chi connectivity index (χ1n) is 9.45. The zero-order valence-corrected chi connectivity index (χ0v) is 15.7. The summed E-state index contributed by atoms with van der Waals surface area (Å²) in [4.78, 5) is 3.58. The Hall–Kier alpha value is -2.34. The summed E-state index contributed by atoms with van der Waals surface area (Å²) in [6, 6.07) is 17.4. The standard InChI is InChI=1S/C22H26N2O3/c1-25-8-5-9-26-13-16-10-18-12-20(17-6-3-2-4-7-17)24-22(18)21(11-16)23-19-14-27-15-19/h2-4,6-7,10-12,19,23-24H,5,8-9,13-15H2,1H3. The van der Waals surface area contributed by atoms with Crippen molar-refractivity contribution in [3.8, 4) is 11.3 Å². The van der Waals surface area contributed by atoms with Gasteiger partial charge in [0.15, 0.2) is 0 Å². The maximum atomic E-state index is 5.82. The minimum Gasteiger partial charge on any atom is -0.385 e. The van der Waals surface area contributed by atoms with Crippen molar-refractivity contribution in [2.45, 2.75) is 19.1 Å². The van der Waals surface area contributed by atoms with E-state index in [-0.39, 0.29) is 0 Å². The molecule has 0 saturated carbocycles. The number of benzene rings is 2. The van der Waals surface area contributed by atoms with E-state index in [1.165, 1.54) is 16.5 Å². The number of ether oxygens (including phenoxy) is 3.